The minimum absolute atomic E-state index is 0.141. The molecule has 0 bridgehead atoms. The first-order valence-electron chi connectivity index (χ1n) is 5.49. The first kappa shape index (κ1) is 14.7. The number of rotatable bonds is 4. The number of halogens is 4. The first-order valence-corrected chi connectivity index (χ1v) is 11.1. The van der Waals surface area contributed by atoms with Gasteiger partial charge in [-0.05, 0) is 0 Å². The molecule has 0 aliphatic rings. The maximum absolute atomic E-state index is 14.4. The summed E-state index contributed by atoms with van der Waals surface area (Å²) >= 11 is 11.5. The van der Waals surface area contributed by atoms with Gasteiger partial charge >= 0.3 is 15.9 Å². The van der Waals surface area contributed by atoms with Crippen LogP contribution in [0, 0.1) is 0 Å². The van der Waals surface area contributed by atoms with Gasteiger partial charge in [-0.1, -0.05) is 82.8 Å². The molecule has 1 nitrogen and oxygen atoms in total. The number of benzene rings is 2. The molecule has 19 heavy (non-hydrogen) atoms. The van der Waals surface area contributed by atoms with E-state index < -0.39 is 15.9 Å². The Bertz CT molecular complexity index is 488. The highest BCUT2D eigenvalue weighted by Crippen LogP contribution is 2.23. The van der Waals surface area contributed by atoms with Crippen molar-refractivity contribution in [2.45, 2.75) is 0 Å². The Balaban J connectivity index is 2.25. The maximum atomic E-state index is 14.4. The van der Waals surface area contributed by atoms with Crippen molar-refractivity contribution in [3.8, 4) is 0 Å². The SMILES string of the molecule is F[Si](Cl)(O[Si](F)(Cl)c1ccccc1)c1ccccc1. The van der Waals surface area contributed by atoms with Crippen molar-refractivity contribution < 1.29 is 12.3 Å². The van der Waals surface area contributed by atoms with Gasteiger partial charge in [-0.25, -0.2) is 0 Å². The lowest BCUT2D eigenvalue weighted by Gasteiger charge is -2.22. The van der Waals surface area contributed by atoms with E-state index in [0.29, 0.717) is 0 Å². The highest BCUT2D eigenvalue weighted by atomic mass is 35.6. The Kier molecular flexibility index (Phi) is 4.42. The monoisotopic (exact) mass is 334 g/mol. The highest BCUT2D eigenvalue weighted by Gasteiger charge is 2.50. The van der Waals surface area contributed by atoms with Crippen LogP contribution in [-0.2, 0) is 4.12 Å². The molecule has 0 saturated heterocycles. The lowest BCUT2D eigenvalue weighted by atomic mass is 10.4. The second-order valence-corrected chi connectivity index (χ2v) is 10.8. The van der Waals surface area contributed by atoms with Gasteiger partial charge in [-0.2, -0.15) is 0 Å². The van der Waals surface area contributed by atoms with Gasteiger partial charge in [0.05, 0.1) is 0 Å². The lowest BCUT2D eigenvalue weighted by molar-refractivity contribution is 0.466. The second kappa shape index (κ2) is 5.72. The van der Waals surface area contributed by atoms with E-state index in [9.17, 15) is 8.22 Å². The van der Waals surface area contributed by atoms with Crippen LogP contribution in [0.1, 0.15) is 0 Å². The van der Waals surface area contributed by atoms with Gasteiger partial charge in [0, 0.05) is 10.4 Å². The van der Waals surface area contributed by atoms with Crippen molar-refractivity contribution >= 4 is 48.5 Å². The van der Waals surface area contributed by atoms with Crippen LogP contribution in [0.4, 0.5) is 8.22 Å². The molecule has 0 heterocycles. The van der Waals surface area contributed by atoms with Crippen molar-refractivity contribution in [1.82, 2.24) is 0 Å². The van der Waals surface area contributed by atoms with Gasteiger partial charge in [0.15, 0.2) is 0 Å². The first-order chi connectivity index (χ1) is 8.92. The normalized spacial score (nSPS) is 17.5. The second-order valence-electron chi connectivity index (χ2n) is 3.87. The molecule has 0 aliphatic carbocycles. The van der Waals surface area contributed by atoms with Crippen molar-refractivity contribution in [1.29, 1.82) is 0 Å². The zero-order valence-corrected chi connectivity index (χ0v) is 13.2. The molecule has 2 rings (SSSR count). The molecule has 0 N–H and O–H groups in total. The molecule has 0 fully saturated rings. The lowest BCUT2D eigenvalue weighted by Crippen LogP contribution is -2.53. The molecular formula is C12H10Cl2F2OSi2. The number of hydrogen-bond acceptors (Lipinski definition) is 1. The molecule has 2 unspecified atom stereocenters. The molecular weight excluding hydrogens is 325 g/mol. The summed E-state index contributed by atoms with van der Waals surface area (Å²) < 4.78 is 33.7. The highest BCUT2D eigenvalue weighted by molar-refractivity contribution is 7.29. The van der Waals surface area contributed by atoms with Gasteiger partial charge in [-0.3, -0.25) is 8.22 Å². The summed E-state index contributed by atoms with van der Waals surface area (Å²) in [5.74, 6) is 0. The summed E-state index contributed by atoms with van der Waals surface area (Å²) in [5.41, 5.74) is 0. The third kappa shape index (κ3) is 3.64. The van der Waals surface area contributed by atoms with Crippen molar-refractivity contribution in [2.24, 2.45) is 0 Å². The molecule has 2 atom stereocenters. The Morgan fingerprint density at radius 3 is 1.32 bits per heavy atom. The van der Waals surface area contributed by atoms with E-state index in [0.717, 1.165) is 0 Å². The topological polar surface area (TPSA) is 9.23 Å². The smallest absolute Gasteiger partial charge is 0.379 e. The Labute approximate surface area is 121 Å². The third-order valence-electron chi connectivity index (χ3n) is 2.48. The van der Waals surface area contributed by atoms with Crippen LogP contribution in [0.2, 0.25) is 0 Å². The number of hydrogen-bond donors (Lipinski definition) is 0. The molecule has 7 heteroatoms. The molecule has 0 aromatic heterocycles. The van der Waals surface area contributed by atoms with Gasteiger partial charge in [0.2, 0.25) is 0 Å². The molecule has 2 aromatic carbocycles. The largest absolute Gasteiger partial charge is 0.510 e. The van der Waals surface area contributed by atoms with Gasteiger partial charge in [0.25, 0.3) is 0 Å². The maximum Gasteiger partial charge on any atom is 0.510 e. The Morgan fingerprint density at radius 1 is 0.684 bits per heavy atom. The van der Waals surface area contributed by atoms with Crippen LogP contribution < -0.4 is 10.4 Å². The minimum Gasteiger partial charge on any atom is -0.379 e. The van der Waals surface area contributed by atoms with E-state index in [4.69, 9.17) is 26.3 Å². The average Bonchev–Trinajstić information content (AvgIpc) is 2.40. The van der Waals surface area contributed by atoms with E-state index in [2.05, 4.69) is 0 Å². The van der Waals surface area contributed by atoms with E-state index in [1.807, 2.05) is 0 Å². The van der Waals surface area contributed by atoms with Gasteiger partial charge < -0.3 is 4.12 Å². The fraction of sp³-hybridized carbons (Fsp3) is 0. The predicted molar refractivity (Wildman–Crippen MR) is 78.7 cm³/mol. The zero-order chi connectivity index (χ0) is 13.9. The van der Waals surface area contributed by atoms with E-state index in [-0.39, 0.29) is 10.4 Å². The molecule has 100 valence electrons. The molecule has 0 aliphatic heterocycles. The van der Waals surface area contributed by atoms with Gasteiger partial charge in [0.1, 0.15) is 0 Å². The fourth-order valence-corrected chi connectivity index (χ4v) is 7.96. The van der Waals surface area contributed by atoms with E-state index >= 15 is 0 Å². The summed E-state index contributed by atoms with van der Waals surface area (Å²) in [4.78, 5) is 0. The van der Waals surface area contributed by atoms with Crippen molar-refractivity contribution in [2.75, 3.05) is 0 Å². The van der Waals surface area contributed by atoms with Gasteiger partial charge in [-0.15, -0.1) is 0 Å². The quantitative estimate of drug-likeness (QED) is 0.616. The predicted octanol–water partition coefficient (Wildman–Crippen LogP) is 3.11. The average molecular weight is 335 g/mol. The summed E-state index contributed by atoms with van der Waals surface area (Å²) in [6, 6.07) is 15.7. The summed E-state index contributed by atoms with van der Waals surface area (Å²) in [6.07, 6.45) is 0. The Morgan fingerprint density at radius 2 is 1.00 bits per heavy atom. The van der Waals surface area contributed by atoms with Crippen LogP contribution in [0.15, 0.2) is 60.7 Å². The van der Waals surface area contributed by atoms with Crippen LogP contribution >= 0.6 is 22.2 Å². The molecule has 0 amide bonds. The van der Waals surface area contributed by atoms with Crippen LogP contribution in [0.3, 0.4) is 0 Å². The van der Waals surface area contributed by atoms with Crippen LogP contribution in [0.5, 0.6) is 0 Å². The van der Waals surface area contributed by atoms with Crippen LogP contribution in [-0.4, -0.2) is 15.9 Å². The van der Waals surface area contributed by atoms with E-state index in [1.165, 1.54) is 24.3 Å². The summed E-state index contributed by atoms with van der Waals surface area (Å²) in [5, 5.41) is 0.283. The Hall–Kier alpha value is -0.726. The molecule has 0 spiro atoms. The van der Waals surface area contributed by atoms with E-state index in [1.54, 1.807) is 36.4 Å². The van der Waals surface area contributed by atoms with Crippen molar-refractivity contribution in [3.05, 3.63) is 60.7 Å². The third-order valence-corrected chi connectivity index (χ3v) is 9.24. The standard InChI is InChI=1S/C12H10Cl2F2OSi2/c13-18(15,11-7-3-1-4-8-11)17-19(14,16)12-9-5-2-6-10-12/h1-10H. The van der Waals surface area contributed by atoms with Crippen LogP contribution in [0.25, 0.3) is 0 Å². The zero-order valence-electron chi connectivity index (χ0n) is 9.69. The summed E-state index contributed by atoms with van der Waals surface area (Å²) in [7, 11) is -8.74. The minimum atomic E-state index is -4.37. The molecule has 2 aromatic rings. The molecule has 0 radical (unpaired) electrons. The summed E-state index contributed by atoms with van der Waals surface area (Å²) in [6.45, 7) is 0. The fourth-order valence-electron chi connectivity index (χ4n) is 1.54. The van der Waals surface area contributed by atoms with Crippen molar-refractivity contribution in [3.63, 3.8) is 0 Å². The molecule has 0 saturated carbocycles.